The number of anilines is 1. The highest BCUT2D eigenvalue weighted by molar-refractivity contribution is 7.89. The molecule has 0 amide bonds. The summed E-state index contributed by atoms with van der Waals surface area (Å²) in [6.07, 6.45) is -1.99. The molecule has 5 rings (SSSR count). The van der Waals surface area contributed by atoms with Crippen molar-refractivity contribution in [2.45, 2.75) is 54.8 Å². The van der Waals surface area contributed by atoms with Gasteiger partial charge in [0.1, 0.15) is 11.7 Å². The lowest BCUT2D eigenvalue weighted by atomic mass is 9.99. The zero-order chi connectivity index (χ0) is 26.0. The largest absolute Gasteiger partial charge is 0.471 e. The van der Waals surface area contributed by atoms with E-state index in [2.05, 4.69) is 20.6 Å². The molecule has 37 heavy (non-hydrogen) atoms. The van der Waals surface area contributed by atoms with Crippen molar-refractivity contribution in [3.63, 3.8) is 0 Å². The molecule has 4 heterocycles. The van der Waals surface area contributed by atoms with E-state index in [9.17, 15) is 21.6 Å². The topological polar surface area (TPSA) is 106 Å². The number of ether oxygens (including phenoxy) is 2. The van der Waals surface area contributed by atoms with Gasteiger partial charge in [-0.3, -0.25) is 0 Å². The number of benzene rings is 1. The van der Waals surface area contributed by atoms with Crippen molar-refractivity contribution in [2.24, 2.45) is 0 Å². The molecule has 0 radical (unpaired) electrons. The number of alkyl halides is 3. The minimum Gasteiger partial charge on any atom is -0.471 e. The summed E-state index contributed by atoms with van der Waals surface area (Å²) in [6.45, 7) is 3.05. The highest BCUT2D eigenvalue weighted by atomic mass is 32.2. The maximum Gasteiger partial charge on any atom is 0.423 e. The second-order valence-corrected chi connectivity index (χ2v) is 11.5. The average Bonchev–Trinajstić information content (AvgIpc) is 3.59. The predicted molar refractivity (Wildman–Crippen MR) is 129 cm³/mol. The Morgan fingerprint density at radius 2 is 1.86 bits per heavy atom. The van der Waals surface area contributed by atoms with Crippen molar-refractivity contribution in [3.8, 4) is 5.88 Å². The van der Waals surface area contributed by atoms with Crippen LogP contribution in [0.25, 0.3) is 0 Å². The summed E-state index contributed by atoms with van der Waals surface area (Å²) < 4.78 is 78.7. The molecule has 202 valence electrons. The Hall–Kier alpha value is -2.48. The number of piperidine rings is 1. The number of aromatic nitrogens is 2. The number of sulfonamides is 1. The third kappa shape index (κ3) is 6.00. The minimum atomic E-state index is -4.65. The van der Waals surface area contributed by atoms with Crippen LogP contribution in [0, 0.1) is 0 Å². The first-order valence-electron chi connectivity index (χ1n) is 12.5. The molecule has 9 nitrogen and oxygen atoms in total. The summed E-state index contributed by atoms with van der Waals surface area (Å²) in [5, 5.41) is 6.36. The third-order valence-corrected chi connectivity index (χ3v) is 8.98. The van der Waals surface area contributed by atoms with Crippen LogP contribution in [0.3, 0.4) is 0 Å². The third-order valence-electron chi connectivity index (χ3n) is 7.06. The van der Waals surface area contributed by atoms with E-state index < -0.39 is 33.7 Å². The standard InChI is InChI=1S/C24H30F3N5O4S/c25-24(26,27)21-14-29-23(31-22(21)36-19-8-12-35-15-19)30-18-6-10-32(11-7-18)37(33,34)20-3-1-16(2-4-20)17-5-9-28-13-17/h1-4,14,17-19,28H,5-13,15H2,(H,29,30,31)/t17-,19+/m1/s1. The van der Waals surface area contributed by atoms with Crippen LogP contribution < -0.4 is 15.4 Å². The lowest BCUT2D eigenvalue weighted by Crippen LogP contribution is -2.42. The summed E-state index contributed by atoms with van der Waals surface area (Å²) in [4.78, 5) is 8.10. The van der Waals surface area contributed by atoms with E-state index in [0.29, 0.717) is 38.0 Å². The summed E-state index contributed by atoms with van der Waals surface area (Å²) in [5.41, 5.74) is 0.0910. The SMILES string of the molecule is O=S(=O)(c1ccc([C@@H]2CCNC2)cc1)N1CCC(Nc2ncc(C(F)(F)F)c(O[C@H]3CCOC3)n2)CC1. The van der Waals surface area contributed by atoms with E-state index >= 15 is 0 Å². The fourth-order valence-corrected chi connectivity index (χ4v) is 6.38. The Balaban J connectivity index is 1.21. The van der Waals surface area contributed by atoms with Gasteiger partial charge in [-0.25, -0.2) is 13.4 Å². The molecule has 3 aliphatic heterocycles. The first-order valence-corrected chi connectivity index (χ1v) is 13.9. The second kappa shape index (κ2) is 10.7. The molecule has 0 unspecified atom stereocenters. The highest BCUT2D eigenvalue weighted by Crippen LogP contribution is 2.36. The Kier molecular flexibility index (Phi) is 7.57. The average molecular weight is 542 g/mol. The monoisotopic (exact) mass is 541 g/mol. The fraction of sp³-hybridized carbons (Fsp3) is 0.583. The number of nitrogens with one attached hydrogen (secondary N) is 2. The molecule has 2 aromatic rings. The maximum absolute atomic E-state index is 13.4. The summed E-state index contributed by atoms with van der Waals surface area (Å²) >= 11 is 0. The van der Waals surface area contributed by atoms with Crippen LogP contribution >= 0.6 is 0 Å². The van der Waals surface area contributed by atoms with Gasteiger partial charge in [0.25, 0.3) is 0 Å². The van der Waals surface area contributed by atoms with Gasteiger partial charge in [0.2, 0.25) is 21.9 Å². The summed E-state index contributed by atoms with van der Waals surface area (Å²) in [6, 6.07) is 6.92. The number of hydrogen-bond acceptors (Lipinski definition) is 8. The van der Waals surface area contributed by atoms with Crippen molar-refractivity contribution in [2.75, 3.05) is 44.7 Å². The molecule has 3 aliphatic rings. The van der Waals surface area contributed by atoms with Crippen molar-refractivity contribution in [1.82, 2.24) is 19.6 Å². The van der Waals surface area contributed by atoms with Gasteiger partial charge >= 0.3 is 6.18 Å². The molecule has 2 atom stereocenters. The molecule has 2 N–H and O–H groups in total. The first kappa shape index (κ1) is 26.1. The quantitative estimate of drug-likeness (QED) is 0.551. The van der Waals surface area contributed by atoms with E-state index in [1.807, 2.05) is 12.1 Å². The van der Waals surface area contributed by atoms with Gasteiger partial charge in [-0.15, -0.1) is 0 Å². The van der Waals surface area contributed by atoms with Crippen LogP contribution in [0.4, 0.5) is 19.1 Å². The second-order valence-electron chi connectivity index (χ2n) is 9.60. The normalized spacial score (nSPS) is 23.9. The molecule has 0 bridgehead atoms. The van der Waals surface area contributed by atoms with E-state index in [1.165, 1.54) is 4.31 Å². The fourth-order valence-electron chi connectivity index (χ4n) is 4.91. The van der Waals surface area contributed by atoms with Gasteiger partial charge in [0.15, 0.2) is 0 Å². The lowest BCUT2D eigenvalue weighted by molar-refractivity contribution is -0.139. The Labute approximate surface area is 213 Å². The van der Waals surface area contributed by atoms with E-state index in [0.717, 1.165) is 25.1 Å². The molecular formula is C24H30F3N5O4S. The van der Waals surface area contributed by atoms with Gasteiger partial charge in [-0.05, 0) is 49.4 Å². The Bertz CT molecular complexity index is 1180. The molecule has 1 aromatic carbocycles. The summed E-state index contributed by atoms with van der Waals surface area (Å²) in [5.74, 6) is -0.110. The Morgan fingerprint density at radius 1 is 1.11 bits per heavy atom. The molecule has 0 spiro atoms. The van der Waals surface area contributed by atoms with Crippen molar-refractivity contribution >= 4 is 16.0 Å². The number of halogens is 3. The van der Waals surface area contributed by atoms with Gasteiger partial charge in [-0.2, -0.15) is 22.5 Å². The van der Waals surface area contributed by atoms with Crippen molar-refractivity contribution < 1.29 is 31.1 Å². The van der Waals surface area contributed by atoms with Crippen molar-refractivity contribution in [3.05, 3.63) is 41.6 Å². The van der Waals surface area contributed by atoms with Gasteiger partial charge < -0.3 is 20.1 Å². The van der Waals surface area contributed by atoms with E-state index in [4.69, 9.17) is 9.47 Å². The van der Waals surface area contributed by atoms with Crippen LogP contribution in [0.15, 0.2) is 35.4 Å². The van der Waals surface area contributed by atoms with Crippen LogP contribution in [-0.2, 0) is 20.9 Å². The molecule has 0 saturated carbocycles. The van der Waals surface area contributed by atoms with Gasteiger partial charge in [0, 0.05) is 38.3 Å². The van der Waals surface area contributed by atoms with E-state index in [1.54, 1.807) is 12.1 Å². The molecule has 3 saturated heterocycles. The zero-order valence-corrected chi connectivity index (χ0v) is 21.0. The number of rotatable bonds is 7. The first-order chi connectivity index (χ1) is 17.7. The van der Waals surface area contributed by atoms with Crippen LogP contribution in [0.2, 0.25) is 0 Å². The minimum absolute atomic E-state index is 0.0141. The van der Waals surface area contributed by atoms with Crippen molar-refractivity contribution in [1.29, 1.82) is 0 Å². The maximum atomic E-state index is 13.4. The molecule has 13 heteroatoms. The van der Waals surface area contributed by atoms with Crippen LogP contribution in [-0.4, -0.2) is 74.2 Å². The van der Waals surface area contributed by atoms with Crippen LogP contribution in [0.1, 0.15) is 42.7 Å². The Morgan fingerprint density at radius 3 is 2.49 bits per heavy atom. The van der Waals surface area contributed by atoms with E-state index in [-0.39, 0.29) is 36.6 Å². The molecule has 0 aliphatic carbocycles. The molecular weight excluding hydrogens is 511 g/mol. The lowest BCUT2D eigenvalue weighted by Gasteiger charge is -2.31. The van der Waals surface area contributed by atoms with Gasteiger partial charge in [0.05, 0.1) is 18.1 Å². The number of hydrogen-bond donors (Lipinski definition) is 2. The molecule has 3 fully saturated rings. The van der Waals surface area contributed by atoms with Gasteiger partial charge in [-0.1, -0.05) is 12.1 Å². The zero-order valence-electron chi connectivity index (χ0n) is 20.2. The van der Waals surface area contributed by atoms with Crippen LogP contribution in [0.5, 0.6) is 5.88 Å². The summed E-state index contributed by atoms with van der Waals surface area (Å²) in [7, 11) is -3.64. The highest BCUT2D eigenvalue weighted by Gasteiger charge is 2.38. The predicted octanol–water partition coefficient (Wildman–Crippen LogP) is 3.01. The number of nitrogens with zero attached hydrogens (tertiary/aromatic N) is 3. The molecule has 1 aromatic heterocycles. The smallest absolute Gasteiger partial charge is 0.423 e.